The van der Waals surface area contributed by atoms with Gasteiger partial charge >= 0.3 is 0 Å². The van der Waals surface area contributed by atoms with E-state index in [1.807, 2.05) is 20.8 Å². The SMILES string of the molecule is COCC(C)CNC(C)C(C)(C)O. The van der Waals surface area contributed by atoms with Gasteiger partial charge in [0.15, 0.2) is 0 Å². The third kappa shape index (κ3) is 6.02. The molecular weight excluding hydrogens is 166 g/mol. The number of hydrogen-bond donors (Lipinski definition) is 2. The van der Waals surface area contributed by atoms with Crippen molar-refractivity contribution in [3.63, 3.8) is 0 Å². The van der Waals surface area contributed by atoms with E-state index in [-0.39, 0.29) is 6.04 Å². The highest BCUT2D eigenvalue weighted by Gasteiger charge is 2.21. The van der Waals surface area contributed by atoms with Gasteiger partial charge in [0.25, 0.3) is 0 Å². The van der Waals surface area contributed by atoms with E-state index in [1.54, 1.807) is 7.11 Å². The standard InChI is InChI=1S/C10H23NO2/c1-8(7-13-5)6-11-9(2)10(3,4)12/h8-9,11-12H,6-7H2,1-5H3. The van der Waals surface area contributed by atoms with Gasteiger partial charge in [-0.05, 0) is 26.7 Å². The monoisotopic (exact) mass is 189 g/mol. The minimum atomic E-state index is -0.660. The zero-order valence-corrected chi connectivity index (χ0v) is 9.42. The van der Waals surface area contributed by atoms with Gasteiger partial charge in [0.05, 0.1) is 5.60 Å². The molecule has 0 amide bonds. The Labute approximate surface area is 81.5 Å². The van der Waals surface area contributed by atoms with E-state index in [9.17, 15) is 5.11 Å². The number of nitrogens with one attached hydrogen (secondary N) is 1. The van der Waals surface area contributed by atoms with Crippen molar-refractivity contribution < 1.29 is 9.84 Å². The maximum absolute atomic E-state index is 9.64. The summed E-state index contributed by atoms with van der Waals surface area (Å²) in [5, 5.41) is 12.9. The first-order valence-electron chi connectivity index (χ1n) is 4.82. The van der Waals surface area contributed by atoms with Crippen LogP contribution >= 0.6 is 0 Å². The molecule has 0 aliphatic rings. The maximum Gasteiger partial charge on any atom is 0.0741 e. The molecule has 80 valence electrons. The van der Waals surface area contributed by atoms with E-state index >= 15 is 0 Å². The van der Waals surface area contributed by atoms with Crippen LogP contribution in [0.3, 0.4) is 0 Å². The molecule has 0 rings (SSSR count). The van der Waals surface area contributed by atoms with Crippen LogP contribution in [0.5, 0.6) is 0 Å². The van der Waals surface area contributed by atoms with Crippen molar-refractivity contribution in [1.82, 2.24) is 5.32 Å². The molecule has 2 N–H and O–H groups in total. The minimum Gasteiger partial charge on any atom is -0.389 e. The largest absolute Gasteiger partial charge is 0.389 e. The summed E-state index contributed by atoms with van der Waals surface area (Å²) in [5.74, 6) is 0.481. The highest BCUT2D eigenvalue weighted by molar-refractivity contribution is 4.79. The van der Waals surface area contributed by atoms with Crippen LogP contribution in [0.25, 0.3) is 0 Å². The lowest BCUT2D eigenvalue weighted by Crippen LogP contribution is -2.46. The fourth-order valence-electron chi connectivity index (χ4n) is 0.971. The van der Waals surface area contributed by atoms with E-state index in [1.165, 1.54) is 0 Å². The van der Waals surface area contributed by atoms with Gasteiger partial charge in [0.2, 0.25) is 0 Å². The second kappa shape index (κ2) is 5.58. The van der Waals surface area contributed by atoms with Crippen LogP contribution in [-0.4, -0.2) is 37.0 Å². The molecule has 3 heteroatoms. The Morgan fingerprint density at radius 1 is 1.38 bits per heavy atom. The Balaban J connectivity index is 3.63. The fraction of sp³-hybridized carbons (Fsp3) is 1.00. The lowest BCUT2D eigenvalue weighted by molar-refractivity contribution is 0.0412. The van der Waals surface area contributed by atoms with E-state index in [2.05, 4.69) is 12.2 Å². The first-order chi connectivity index (χ1) is 5.88. The predicted molar refractivity (Wildman–Crippen MR) is 54.8 cm³/mol. The van der Waals surface area contributed by atoms with Crippen molar-refractivity contribution in [1.29, 1.82) is 0 Å². The van der Waals surface area contributed by atoms with Gasteiger partial charge in [-0.1, -0.05) is 6.92 Å². The zero-order chi connectivity index (χ0) is 10.5. The van der Waals surface area contributed by atoms with Crippen LogP contribution in [0.2, 0.25) is 0 Å². The van der Waals surface area contributed by atoms with Gasteiger partial charge in [-0.2, -0.15) is 0 Å². The summed E-state index contributed by atoms with van der Waals surface area (Å²) in [6.07, 6.45) is 0. The van der Waals surface area contributed by atoms with Crippen molar-refractivity contribution in [3.05, 3.63) is 0 Å². The average molecular weight is 189 g/mol. The molecule has 0 aromatic rings. The number of hydrogen-bond acceptors (Lipinski definition) is 3. The Hall–Kier alpha value is -0.120. The van der Waals surface area contributed by atoms with Crippen LogP contribution < -0.4 is 5.32 Å². The maximum atomic E-state index is 9.64. The Bertz CT molecular complexity index is 131. The van der Waals surface area contributed by atoms with Crippen LogP contribution in [0.1, 0.15) is 27.7 Å². The first-order valence-corrected chi connectivity index (χ1v) is 4.82. The normalized spacial score (nSPS) is 17.1. The van der Waals surface area contributed by atoms with Gasteiger partial charge in [-0.15, -0.1) is 0 Å². The van der Waals surface area contributed by atoms with Crippen LogP contribution in [-0.2, 0) is 4.74 Å². The summed E-state index contributed by atoms with van der Waals surface area (Å²) in [6.45, 7) is 9.36. The molecule has 0 radical (unpaired) electrons. The molecule has 0 bridgehead atoms. The lowest BCUT2D eigenvalue weighted by Gasteiger charge is -2.28. The molecule has 0 saturated carbocycles. The second-order valence-corrected chi connectivity index (χ2v) is 4.34. The number of ether oxygens (including phenoxy) is 1. The van der Waals surface area contributed by atoms with Crippen LogP contribution in [0.15, 0.2) is 0 Å². The second-order valence-electron chi connectivity index (χ2n) is 4.34. The molecule has 0 heterocycles. The van der Waals surface area contributed by atoms with E-state index in [0.717, 1.165) is 13.2 Å². The Kier molecular flexibility index (Phi) is 5.53. The molecule has 0 aromatic carbocycles. The molecule has 0 spiro atoms. The summed E-state index contributed by atoms with van der Waals surface area (Å²) in [7, 11) is 1.70. The van der Waals surface area contributed by atoms with Crippen molar-refractivity contribution in [2.45, 2.75) is 39.3 Å². The molecular formula is C10H23NO2. The van der Waals surface area contributed by atoms with Gasteiger partial charge in [-0.25, -0.2) is 0 Å². The van der Waals surface area contributed by atoms with E-state index in [4.69, 9.17) is 4.74 Å². The number of aliphatic hydroxyl groups is 1. The molecule has 13 heavy (non-hydrogen) atoms. The smallest absolute Gasteiger partial charge is 0.0741 e. The Morgan fingerprint density at radius 2 is 1.92 bits per heavy atom. The van der Waals surface area contributed by atoms with Crippen molar-refractivity contribution >= 4 is 0 Å². The van der Waals surface area contributed by atoms with E-state index in [0.29, 0.717) is 5.92 Å². The third-order valence-corrected chi connectivity index (χ3v) is 2.28. The van der Waals surface area contributed by atoms with Crippen molar-refractivity contribution in [2.24, 2.45) is 5.92 Å². The summed E-state index contributed by atoms with van der Waals surface area (Å²) in [6, 6.07) is 0.104. The van der Waals surface area contributed by atoms with Crippen molar-refractivity contribution in [2.75, 3.05) is 20.3 Å². The molecule has 0 aliphatic carbocycles. The van der Waals surface area contributed by atoms with Gasteiger partial charge < -0.3 is 15.2 Å². The third-order valence-electron chi connectivity index (χ3n) is 2.28. The summed E-state index contributed by atoms with van der Waals surface area (Å²) < 4.78 is 5.02. The topological polar surface area (TPSA) is 41.5 Å². The molecule has 0 saturated heterocycles. The van der Waals surface area contributed by atoms with Gasteiger partial charge in [0, 0.05) is 26.3 Å². The molecule has 3 nitrogen and oxygen atoms in total. The predicted octanol–water partition coefficient (Wildman–Crippen LogP) is 1.02. The highest BCUT2D eigenvalue weighted by Crippen LogP contribution is 2.07. The molecule has 2 unspecified atom stereocenters. The quantitative estimate of drug-likeness (QED) is 0.655. The lowest BCUT2D eigenvalue weighted by atomic mass is 10.0. The zero-order valence-electron chi connectivity index (χ0n) is 9.42. The van der Waals surface area contributed by atoms with Gasteiger partial charge in [-0.3, -0.25) is 0 Å². The Morgan fingerprint density at radius 3 is 2.31 bits per heavy atom. The van der Waals surface area contributed by atoms with Crippen LogP contribution in [0.4, 0.5) is 0 Å². The number of rotatable bonds is 6. The van der Waals surface area contributed by atoms with Gasteiger partial charge in [0.1, 0.15) is 0 Å². The summed E-state index contributed by atoms with van der Waals surface area (Å²) in [5.41, 5.74) is -0.660. The molecule has 2 atom stereocenters. The van der Waals surface area contributed by atoms with Crippen LogP contribution in [0, 0.1) is 5.92 Å². The first kappa shape index (κ1) is 12.9. The van der Waals surface area contributed by atoms with Crippen molar-refractivity contribution in [3.8, 4) is 0 Å². The fourth-order valence-corrected chi connectivity index (χ4v) is 0.971. The minimum absolute atomic E-state index is 0.104. The highest BCUT2D eigenvalue weighted by atomic mass is 16.5. The molecule has 0 aliphatic heterocycles. The summed E-state index contributed by atoms with van der Waals surface area (Å²) >= 11 is 0. The number of methoxy groups -OCH3 is 1. The molecule has 0 aromatic heterocycles. The molecule has 0 fully saturated rings. The van der Waals surface area contributed by atoms with E-state index < -0.39 is 5.60 Å². The summed E-state index contributed by atoms with van der Waals surface area (Å²) in [4.78, 5) is 0. The average Bonchev–Trinajstić information content (AvgIpc) is 1.99.